The van der Waals surface area contributed by atoms with E-state index in [2.05, 4.69) is 10.2 Å². The van der Waals surface area contributed by atoms with Crippen molar-refractivity contribution < 1.29 is 9.50 Å². The molecule has 1 aliphatic rings. The summed E-state index contributed by atoms with van der Waals surface area (Å²) in [6, 6.07) is 2.82. The minimum atomic E-state index is -0.480. The predicted molar refractivity (Wildman–Crippen MR) is 75.3 cm³/mol. The normalized spacial score (nSPS) is 18.5. The molecule has 2 rings (SSSR count). The number of benzene rings is 1. The Labute approximate surface area is 122 Å². The van der Waals surface area contributed by atoms with E-state index in [4.69, 9.17) is 23.2 Å². The molecule has 1 aliphatic heterocycles. The smallest absolute Gasteiger partial charge is 0.148 e. The van der Waals surface area contributed by atoms with E-state index >= 15 is 0 Å². The Balaban J connectivity index is 2.35. The van der Waals surface area contributed by atoms with Crippen LogP contribution in [0.3, 0.4) is 0 Å². The van der Waals surface area contributed by atoms with E-state index in [1.54, 1.807) is 6.07 Å². The van der Waals surface area contributed by atoms with E-state index < -0.39 is 5.82 Å². The molecule has 1 heterocycles. The fourth-order valence-electron chi connectivity index (χ4n) is 2.47. The van der Waals surface area contributed by atoms with Crippen molar-refractivity contribution in [2.24, 2.45) is 0 Å². The Morgan fingerprint density at radius 1 is 1.26 bits per heavy atom. The van der Waals surface area contributed by atoms with Crippen molar-refractivity contribution in [3.05, 3.63) is 33.6 Å². The van der Waals surface area contributed by atoms with Crippen LogP contribution in [0.1, 0.15) is 18.0 Å². The molecule has 3 nitrogen and oxygen atoms in total. The lowest BCUT2D eigenvalue weighted by molar-refractivity contribution is 0.138. The van der Waals surface area contributed by atoms with E-state index in [0.717, 1.165) is 26.2 Å². The van der Waals surface area contributed by atoms with E-state index in [9.17, 15) is 9.50 Å². The fraction of sp³-hybridized carbons (Fsp3) is 0.538. The summed E-state index contributed by atoms with van der Waals surface area (Å²) >= 11 is 12.0. The summed E-state index contributed by atoms with van der Waals surface area (Å²) in [5.41, 5.74) is 0.394. The van der Waals surface area contributed by atoms with Gasteiger partial charge in [0.05, 0.1) is 5.02 Å². The lowest BCUT2D eigenvalue weighted by atomic mass is 10.0. The van der Waals surface area contributed by atoms with Gasteiger partial charge in [-0.05, 0) is 18.6 Å². The average molecular weight is 307 g/mol. The summed E-state index contributed by atoms with van der Waals surface area (Å²) in [5.74, 6) is -0.480. The van der Waals surface area contributed by atoms with Crippen molar-refractivity contribution in [1.29, 1.82) is 0 Å². The number of aliphatic hydroxyl groups excluding tert-OH is 1. The first kappa shape index (κ1) is 15.0. The SMILES string of the molecule is OCC[C@H](c1c(Cl)ccc(Cl)c1F)N1CCNCC1. The second-order valence-corrected chi connectivity index (χ2v) is 5.39. The van der Waals surface area contributed by atoms with Gasteiger partial charge in [-0.15, -0.1) is 0 Å². The third-order valence-electron chi connectivity index (χ3n) is 3.41. The highest BCUT2D eigenvalue weighted by molar-refractivity contribution is 6.33. The van der Waals surface area contributed by atoms with Gasteiger partial charge in [0.2, 0.25) is 0 Å². The molecule has 1 aromatic carbocycles. The lowest BCUT2D eigenvalue weighted by Gasteiger charge is -2.35. The van der Waals surface area contributed by atoms with Gasteiger partial charge in [0.25, 0.3) is 0 Å². The number of hydrogen-bond donors (Lipinski definition) is 2. The second-order valence-electron chi connectivity index (χ2n) is 4.57. The molecule has 2 N–H and O–H groups in total. The molecule has 1 atom stereocenters. The highest BCUT2D eigenvalue weighted by atomic mass is 35.5. The van der Waals surface area contributed by atoms with Gasteiger partial charge in [-0.1, -0.05) is 23.2 Å². The maximum atomic E-state index is 14.3. The van der Waals surface area contributed by atoms with Gasteiger partial charge in [0, 0.05) is 49.4 Å². The average Bonchev–Trinajstić information content (AvgIpc) is 2.43. The maximum Gasteiger partial charge on any atom is 0.148 e. The number of hydrogen-bond acceptors (Lipinski definition) is 3. The molecule has 0 bridgehead atoms. The van der Waals surface area contributed by atoms with E-state index in [-0.39, 0.29) is 17.7 Å². The van der Waals surface area contributed by atoms with Crippen LogP contribution in [0.5, 0.6) is 0 Å². The molecule has 0 aliphatic carbocycles. The maximum absolute atomic E-state index is 14.3. The Bertz CT molecular complexity index is 439. The minimum Gasteiger partial charge on any atom is -0.396 e. The van der Waals surface area contributed by atoms with Crippen molar-refractivity contribution in [3.63, 3.8) is 0 Å². The molecular formula is C13H17Cl2FN2O. The van der Waals surface area contributed by atoms with Crippen LogP contribution in [0.4, 0.5) is 4.39 Å². The quantitative estimate of drug-likeness (QED) is 0.839. The molecule has 6 heteroatoms. The van der Waals surface area contributed by atoms with Crippen LogP contribution in [-0.4, -0.2) is 42.8 Å². The van der Waals surface area contributed by atoms with E-state index in [1.807, 2.05) is 0 Å². The molecule has 0 saturated carbocycles. The van der Waals surface area contributed by atoms with Crippen molar-refractivity contribution in [2.45, 2.75) is 12.5 Å². The van der Waals surface area contributed by atoms with Gasteiger partial charge in [-0.25, -0.2) is 4.39 Å². The first-order valence-corrected chi connectivity index (χ1v) is 7.09. The Morgan fingerprint density at radius 3 is 2.53 bits per heavy atom. The molecular weight excluding hydrogens is 290 g/mol. The zero-order valence-electron chi connectivity index (χ0n) is 10.5. The lowest BCUT2D eigenvalue weighted by Crippen LogP contribution is -2.45. The second kappa shape index (κ2) is 6.86. The largest absolute Gasteiger partial charge is 0.396 e. The number of nitrogens with one attached hydrogen (secondary N) is 1. The van der Waals surface area contributed by atoms with Crippen molar-refractivity contribution >= 4 is 23.2 Å². The Kier molecular flexibility index (Phi) is 5.42. The van der Waals surface area contributed by atoms with Crippen molar-refractivity contribution in [1.82, 2.24) is 10.2 Å². The number of aliphatic hydroxyl groups is 1. The van der Waals surface area contributed by atoms with Crippen molar-refractivity contribution in [3.8, 4) is 0 Å². The summed E-state index contributed by atoms with van der Waals surface area (Å²) in [7, 11) is 0. The van der Waals surface area contributed by atoms with Gasteiger partial charge < -0.3 is 10.4 Å². The summed E-state index contributed by atoms with van der Waals surface area (Å²) in [6.07, 6.45) is 0.441. The molecule has 0 amide bonds. The Morgan fingerprint density at radius 2 is 1.89 bits per heavy atom. The summed E-state index contributed by atoms with van der Waals surface area (Å²) in [4.78, 5) is 2.13. The number of piperazine rings is 1. The van der Waals surface area contributed by atoms with Gasteiger partial charge in [0.1, 0.15) is 5.82 Å². The number of nitrogens with zero attached hydrogens (tertiary/aromatic N) is 1. The molecule has 106 valence electrons. The van der Waals surface area contributed by atoms with Crippen LogP contribution < -0.4 is 5.32 Å². The third kappa shape index (κ3) is 3.38. The van der Waals surface area contributed by atoms with Crippen LogP contribution in [0.25, 0.3) is 0 Å². The van der Waals surface area contributed by atoms with Gasteiger partial charge in [0.15, 0.2) is 0 Å². The molecule has 1 aromatic rings. The molecule has 0 aromatic heterocycles. The van der Waals surface area contributed by atoms with Gasteiger partial charge in [-0.3, -0.25) is 4.90 Å². The molecule has 0 unspecified atom stereocenters. The van der Waals surface area contributed by atoms with Crippen LogP contribution >= 0.6 is 23.2 Å². The first-order valence-electron chi connectivity index (χ1n) is 6.34. The van der Waals surface area contributed by atoms with Crippen LogP contribution in [0, 0.1) is 5.82 Å². The third-order valence-corrected chi connectivity index (χ3v) is 4.03. The summed E-state index contributed by atoms with van der Waals surface area (Å²) in [6.45, 7) is 3.28. The highest BCUT2D eigenvalue weighted by Crippen LogP contribution is 2.35. The summed E-state index contributed by atoms with van der Waals surface area (Å²) < 4.78 is 14.3. The monoisotopic (exact) mass is 306 g/mol. The summed E-state index contributed by atoms with van der Waals surface area (Å²) in [5, 5.41) is 12.9. The Hall–Kier alpha value is -0.390. The molecule has 1 fully saturated rings. The topological polar surface area (TPSA) is 35.5 Å². The minimum absolute atomic E-state index is 0.0170. The van der Waals surface area contributed by atoms with Crippen molar-refractivity contribution in [2.75, 3.05) is 32.8 Å². The van der Waals surface area contributed by atoms with Gasteiger partial charge >= 0.3 is 0 Å². The van der Waals surface area contributed by atoms with Crippen LogP contribution in [0.2, 0.25) is 10.0 Å². The standard InChI is InChI=1S/C13H17Cl2FN2O/c14-9-1-2-10(15)13(16)12(9)11(3-8-19)18-6-4-17-5-7-18/h1-2,11,17,19H,3-8H2/t11-/m1/s1. The molecule has 0 spiro atoms. The zero-order chi connectivity index (χ0) is 13.8. The predicted octanol–water partition coefficient (Wildman–Crippen LogP) is 2.46. The number of halogens is 3. The first-order chi connectivity index (χ1) is 9.15. The van der Waals surface area contributed by atoms with Crippen LogP contribution in [0.15, 0.2) is 12.1 Å². The zero-order valence-corrected chi connectivity index (χ0v) is 12.0. The van der Waals surface area contributed by atoms with E-state index in [1.165, 1.54) is 6.07 Å². The van der Waals surface area contributed by atoms with Gasteiger partial charge in [-0.2, -0.15) is 0 Å². The molecule has 0 radical (unpaired) electrons. The number of rotatable bonds is 4. The molecule has 19 heavy (non-hydrogen) atoms. The van der Waals surface area contributed by atoms with Crippen LogP contribution in [-0.2, 0) is 0 Å². The highest BCUT2D eigenvalue weighted by Gasteiger charge is 2.27. The van der Waals surface area contributed by atoms with E-state index in [0.29, 0.717) is 17.0 Å². The molecule has 1 saturated heterocycles. The fourth-order valence-corrected chi connectivity index (χ4v) is 2.91.